The monoisotopic (exact) mass is 557 g/mol. The molecule has 0 saturated carbocycles. The Bertz CT molecular complexity index is 999. The van der Waals surface area contributed by atoms with E-state index in [2.05, 4.69) is 11.9 Å². The first-order valence-electron chi connectivity index (χ1n) is 15.3. The summed E-state index contributed by atoms with van der Waals surface area (Å²) in [6, 6.07) is 5.68. The zero-order valence-electron chi connectivity index (χ0n) is 25.2. The summed E-state index contributed by atoms with van der Waals surface area (Å²) in [6.07, 6.45) is 17.2. The average Bonchev–Trinajstić information content (AvgIpc) is 2.90. The van der Waals surface area contributed by atoms with Gasteiger partial charge in [0, 0.05) is 30.0 Å². The van der Waals surface area contributed by atoms with Crippen molar-refractivity contribution in [3.8, 4) is 5.75 Å². The minimum atomic E-state index is -1.15. The maximum absolute atomic E-state index is 12.4. The lowest BCUT2D eigenvalue weighted by Gasteiger charge is -2.32. The maximum Gasteiger partial charge on any atom is 0.334 e. The van der Waals surface area contributed by atoms with Gasteiger partial charge in [-0.05, 0) is 38.3 Å². The number of allylic oxidation sites excluding steroid dienone is 1. The molecular weight excluding hydrogens is 506 g/mol. The van der Waals surface area contributed by atoms with E-state index in [1.807, 2.05) is 12.1 Å². The lowest BCUT2D eigenvalue weighted by atomic mass is 9.73. The molecule has 40 heavy (non-hydrogen) atoms. The van der Waals surface area contributed by atoms with Crippen molar-refractivity contribution in [1.82, 2.24) is 0 Å². The molecule has 224 valence electrons. The zero-order chi connectivity index (χ0) is 29.3. The smallest absolute Gasteiger partial charge is 0.334 e. The number of rotatable bonds is 21. The highest BCUT2D eigenvalue weighted by Gasteiger charge is 2.43. The third-order valence-electron chi connectivity index (χ3n) is 7.89. The van der Waals surface area contributed by atoms with Gasteiger partial charge in [-0.15, -0.1) is 0 Å². The minimum absolute atomic E-state index is 0.0207. The molecule has 0 bridgehead atoms. The molecular formula is C33H51NO6. The number of nitrogens with zero attached hydrogens (tertiary/aromatic N) is 1. The molecule has 1 heterocycles. The Balaban J connectivity index is 2.09. The van der Waals surface area contributed by atoms with Crippen molar-refractivity contribution in [3.05, 3.63) is 40.6 Å². The minimum Gasteiger partial charge on any atom is -0.491 e. The van der Waals surface area contributed by atoms with E-state index in [0.29, 0.717) is 29.3 Å². The Morgan fingerprint density at radius 1 is 0.850 bits per heavy atom. The molecule has 2 unspecified atom stereocenters. The number of ether oxygens (including phenoxy) is 2. The van der Waals surface area contributed by atoms with Crippen molar-refractivity contribution in [2.45, 2.75) is 117 Å². The second-order valence-electron chi connectivity index (χ2n) is 11.0. The molecule has 0 spiro atoms. The van der Waals surface area contributed by atoms with Crippen LogP contribution in [0, 0.1) is 5.92 Å². The van der Waals surface area contributed by atoms with Crippen LogP contribution in [-0.4, -0.2) is 48.2 Å². The number of aliphatic imine (C=N–C) groups is 1. The number of methoxy groups -OCH3 is 1. The maximum atomic E-state index is 12.4. The van der Waals surface area contributed by atoms with Crippen LogP contribution in [0.5, 0.6) is 5.75 Å². The van der Waals surface area contributed by atoms with Crippen LogP contribution in [0.4, 0.5) is 0 Å². The Kier molecular flexibility index (Phi) is 15.6. The van der Waals surface area contributed by atoms with Crippen LogP contribution in [0.3, 0.4) is 0 Å². The number of hydrogen-bond acceptors (Lipinski definition) is 5. The molecule has 0 saturated heterocycles. The molecule has 2 atom stereocenters. The molecule has 0 radical (unpaired) electrons. The van der Waals surface area contributed by atoms with Gasteiger partial charge in [-0.2, -0.15) is 0 Å². The van der Waals surface area contributed by atoms with Gasteiger partial charge in [0.1, 0.15) is 18.3 Å². The van der Waals surface area contributed by atoms with E-state index in [1.54, 1.807) is 27.0 Å². The van der Waals surface area contributed by atoms with Crippen molar-refractivity contribution in [1.29, 1.82) is 0 Å². The van der Waals surface area contributed by atoms with Crippen molar-refractivity contribution >= 4 is 17.7 Å². The van der Waals surface area contributed by atoms with E-state index in [0.717, 1.165) is 24.8 Å². The van der Waals surface area contributed by atoms with Crippen LogP contribution in [0.15, 0.2) is 34.5 Å². The van der Waals surface area contributed by atoms with E-state index >= 15 is 0 Å². The molecule has 0 aliphatic carbocycles. The summed E-state index contributed by atoms with van der Waals surface area (Å²) in [5.74, 6) is -3.68. The number of aliphatic carboxylic acids is 2. The second-order valence-corrected chi connectivity index (χ2v) is 11.0. The fraction of sp³-hybridized carbons (Fsp3) is 0.667. The normalized spacial score (nSPS) is 17.1. The van der Waals surface area contributed by atoms with Gasteiger partial charge < -0.3 is 19.7 Å². The molecule has 0 fully saturated rings. The highest BCUT2D eigenvalue weighted by atomic mass is 16.5. The molecule has 0 amide bonds. The van der Waals surface area contributed by atoms with E-state index in [4.69, 9.17) is 9.47 Å². The number of carboxylic acids is 2. The topological polar surface area (TPSA) is 105 Å². The summed E-state index contributed by atoms with van der Waals surface area (Å²) in [4.78, 5) is 29.2. The van der Waals surface area contributed by atoms with E-state index in [9.17, 15) is 19.8 Å². The first-order chi connectivity index (χ1) is 19.3. The molecule has 0 aromatic heterocycles. The van der Waals surface area contributed by atoms with Crippen molar-refractivity contribution in [2.75, 3.05) is 20.3 Å². The van der Waals surface area contributed by atoms with Crippen LogP contribution >= 0.6 is 0 Å². The number of hydrogen-bond donors (Lipinski definition) is 2. The standard InChI is InChI=1S/C33H51NO6/c1-5-6-7-8-9-10-11-12-13-14-15-16-17-19-26-20-18-21-27(40-23-22-39-4)30(26)31-28(32(35)36)24(2)34-25(3)29(31)33(37)38/h18,20-21,28,31H,5-17,19,22-23H2,1-4H3,(H,35,36)(H,37,38). The lowest BCUT2D eigenvalue weighted by Crippen LogP contribution is -2.35. The van der Waals surface area contributed by atoms with Gasteiger partial charge in [-0.1, -0.05) is 96.1 Å². The molecule has 7 nitrogen and oxygen atoms in total. The molecule has 1 aromatic carbocycles. The highest BCUT2D eigenvalue weighted by Crippen LogP contribution is 2.44. The van der Waals surface area contributed by atoms with Gasteiger partial charge in [0.15, 0.2) is 0 Å². The molecule has 7 heteroatoms. The summed E-state index contributed by atoms with van der Waals surface area (Å²) < 4.78 is 11.2. The number of carboxylic acid groups (broad SMARTS) is 2. The van der Waals surface area contributed by atoms with Crippen LogP contribution in [0.2, 0.25) is 0 Å². The van der Waals surface area contributed by atoms with Gasteiger partial charge in [0.25, 0.3) is 0 Å². The molecule has 1 aliphatic heterocycles. The third-order valence-corrected chi connectivity index (χ3v) is 7.89. The van der Waals surface area contributed by atoms with Crippen LogP contribution in [0.1, 0.15) is 121 Å². The van der Waals surface area contributed by atoms with E-state index in [1.165, 1.54) is 70.6 Å². The molecule has 1 aromatic rings. The summed E-state index contributed by atoms with van der Waals surface area (Å²) in [6.45, 7) is 6.21. The number of benzene rings is 1. The Morgan fingerprint density at radius 3 is 1.95 bits per heavy atom. The van der Waals surface area contributed by atoms with Gasteiger partial charge in [-0.3, -0.25) is 9.79 Å². The Hall–Kier alpha value is -2.67. The first-order valence-corrected chi connectivity index (χ1v) is 15.3. The van der Waals surface area contributed by atoms with Gasteiger partial charge in [-0.25, -0.2) is 4.79 Å². The number of aryl methyl sites for hydroxylation is 1. The van der Waals surface area contributed by atoms with E-state index < -0.39 is 23.8 Å². The quantitative estimate of drug-likeness (QED) is 0.149. The Labute approximate surface area is 241 Å². The van der Waals surface area contributed by atoms with Crippen LogP contribution in [0.25, 0.3) is 0 Å². The number of carbonyl (C=O) groups is 2. The Morgan fingerprint density at radius 2 is 1.43 bits per heavy atom. The van der Waals surface area contributed by atoms with Crippen LogP contribution in [-0.2, 0) is 20.7 Å². The fourth-order valence-electron chi connectivity index (χ4n) is 5.80. The van der Waals surface area contributed by atoms with Gasteiger partial charge in [0.05, 0.1) is 12.2 Å². The summed E-state index contributed by atoms with van der Waals surface area (Å²) >= 11 is 0. The first kappa shape index (κ1) is 33.5. The molecule has 1 aliphatic rings. The highest BCUT2D eigenvalue weighted by molar-refractivity contribution is 6.06. The molecule has 2 rings (SSSR count). The summed E-state index contributed by atoms with van der Waals surface area (Å²) in [5.41, 5.74) is 2.35. The van der Waals surface area contributed by atoms with Crippen molar-refractivity contribution < 1.29 is 29.3 Å². The SMILES string of the molecule is CCCCCCCCCCCCCCCc1cccc(OCCOC)c1C1C(C(=O)O)=C(C)N=C(C)C1C(=O)O. The average molecular weight is 558 g/mol. The van der Waals surface area contributed by atoms with Crippen LogP contribution < -0.4 is 4.74 Å². The summed E-state index contributed by atoms with van der Waals surface area (Å²) in [5, 5.41) is 20.3. The van der Waals surface area contributed by atoms with Gasteiger partial charge >= 0.3 is 11.9 Å². The predicted molar refractivity (Wildman–Crippen MR) is 161 cm³/mol. The second kappa shape index (κ2) is 18.6. The van der Waals surface area contributed by atoms with E-state index in [-0.39, 0.29) is 12.2 Å². The lowest BCUT2D eigenvalue weighted by molar-refractivity contribution is -0.140. The summed E-state index contributed by atoms with van der Waals surface area (Å²) in [7, 11) is 1.59. The predicted octanol–water partition coefficient (Wildman–Crippen LogP) is 7.96. The third kappa shape index (κ3) is 10.4. The van der Waals surface area contributed by atoms with Crippen molar-refractivity contribution in [3.63, 3.8) is 0 Å². The zero-order valence-corrected chi connectivity index (χ0v) is 25.2. The van der Waals surface area contributed by atoms with Crippen molar-refractivity contribution in [2.24, 2.45) is 10.9 Å². The van der Waals surface area contributed by atoms with Gasteiger partial charge in [0.2, 0.25) is 0 Å². The largest absolute Gasteiger partial charge is 0.491 e. The number of unbranched alkanes of at least 4 members (excludes halogenated alkanes) is 12. The molecule has 2 N–H and O–H groups in total. The fourth-order valence-corrected chi connectivity index (χ4v) is 5.80.